The molecule has 2 heterocycles. The van der Waals surface area contributed by atoms with E-state index in [1.54, 1.807) is 6.20 Å². The topological polar surface area (TPSA) is 55.6 Å². The number of anilines is 1. The van der Waals surface area contributed by atoms with E-state index < -0.39 is 0 Å². The molecule has 1 aliphatic carbocycles. The Labute approximate surface area is 113 Å². The van der Waals surface area contributed by atoms with Crippen LogP contribution in [0.15, 0.2) is 18.7 Å². The summed E-state index contributed by atoms with van der Waals surface area (Å²) in [5, 5.41) is 3.15. The lowest BCUT2D eigenvalue weighted by molar-refractivity contribution is 0.624. The fraction of sp³-hybridized carbons (Fsp3) is 0.500. The molecule has 0 bridgehead atoms. The van der Waals surface area contributed by atoms with Crippen LogP contribution in [-0.4, -0.2) is 26.1 Å². The minimum Gasteiger partial charge on any atom is -0.369 e. The zero-order valence-corrected chi connectivity index (χ0v) is 11.3. The first-order valence-electron chi connectivity index (χ1n) is 6.94. The third kappa shape index (κ3) is 2.59. The first-order valence-corrected chi connectivity index (χ1v) is 6.94. The summed E-state index contributed by atoms with van der Waals surface area (Å²) in [6.07, 6.45) is 10.4. The molecule has 5 heteroatoms. The molecule has 5 nitrogen and oxygen atoms in total. The average molecular weight is 257 g/mol. The Morgan fingerprint density at radius 2 is 2.05 bits per heavy atom. The molecule has 100 valence electrons. The van der Waals surface area contributed by atoms with Gasteiger partial charge in [-0.3, -0.25) is 4.98 Å². The van der Waals surface area contributed by atoms with E-state index in [1.165, 1.54) is 24.2 Å². The average Bonchev–Trinajstić information content (AvgIpc) is 2.85. The van der Waals surface area contributed by atoms with Gasteiger partial charge in [0.05, 0.1) is 36.7 Å². The van der Waals surface area contributed by atoms with Crippen LogP contribution >= 0.6 is 0 Å². The minimum absolute atomic E-state index is 0.766. The van der Waals surface area contributed by atoms with Crippen molar-refractivity contribution in [1.29, 1.82) is 0 Å². The van der Waals surface area contributed by atoms with E-state index in [0.717, 1.165) is 37.4 Å². The highest BCUT2D eigenvalue weighted by Crippen LogP contribution is 2.20. The molecule has 0 radical (unpaired) electrons. The Morgan fingerprint density at radius 1 is 1.16 bits per heavy atom. The molecule has 0 spiro atoms. The van der Waals surface area contributed by atoms with Gasteiger partial charge >= 0.3 is 0 Å². The SMILES string of the molecule is CCNc1cnc(Cn2cnc3c2CCCC3)cn1. The molecule has 1 N–H and O–H groups in total. The maximum Gasteiger partial charge on any atom is 0.144 e. The number of aromatic nitrogens is 4. The molecule has 19 heavy (non-hydrogen) atoms. The lowest BCUT2D eigenvalue weighted by atomic mass is 10.0. The Kier molecular flexibility index (Phi) is 3.44. The second kappa shape index (κ2) is 5.38. The number of aryl methyl sites for hydroxylation is 1. The number of rotatable bonds is 4. The Balaban J connectivity index is 1.75. The van der Waals surface area contributed by atoms with Crippen LogP contribution in [0.4, 0.5) is 5.82 Å². The largest absolute Gasteiger partial charge is 0.369 e. The molecule has 2 aromatic heterocycles. The highest BCUT2D eigenvalue weighted by molar-refractivity contribution is 5.30. The van der Waals surface area contributed by atoms with E-state index >= 15 is 0 Å². The summed E-state index contributed by atoms with van der Waals surface area (Å²) in [5.41, 5.74) is 3.62. The second-order valence-electron chi connectivity index (χ2n) is 4.90. The third-order valence-electron chi connectivity index (χ3n) is 3.51. The highest BCUT2D eigenvalue weighted by Gasteiger charge is 2.15. The van der Waals surface area contributed by atoms with Gasteiger partial charge in [0, 0.05) is 12.2 Å². The molecule has 0 fully saturated rings. The van der Waals surface area contributed by atoms with Gasteiger partial charge in [-0.05, 0) is 32.6 Å². The number of hydrogen-bond acceptors (Lipinski definition) is 4. The standard InChI is InChI=1S/C14H19N5/c1-2-15-14-8-16-11(7-17-14)9-19-10-18-12-5-3-4-6-13(12)19/h7-8,10H,2-6,9H2,1H3,(H,15,17). The fourth-order valence-corrected chi connectivity index (χ4v) is 2.55. The molecule has 0 saturated heterocycles. The van der Waals surface area contributed by atoms with Crippen molar-refractivity contribution in [3.8, 4) is 0 Å². The van der Waals surface area contributed by atoms with Crippen LogP contribution in [0.3, 0.4) is 0 Å². The number of nitrogens with zero attached hydrogens (tertiary/aromatic N) is 4. The van der Waals surface area contributed by atoms with Gasteiger partial charge in [-0.15, -0.1) is 0 Å². The lowest BCUT2D eigenvalue weighted by Gasteiger charge is -2.13. The van der Waals surface area contributed by atoms with Crippen molar-refractivity contribution < 1.29 is 0 Å². The molecule has 2 aromatic rings. The van der Waals surface area contributed by atoms with Crippen LogP contribution in [0, 0.1) is 0 Å². The van der Waals surface area contributed by atoms with Crippen LogP contribution in [0.2, 0.25) is 0 Å². The summed E-state index contributed by atoms with van der Waals surface area (Å²) in [6, 6.07) is 0. The van der Waals surface area contributed by atoms with Gasteiger partial charge in [-0.25, -0.2) is 9.97 Å². The van der Waals surface area contributed by atoms with Crippen molar-refractivity contribution >= 4 is 5.82 Å². The smallest absolute Gasteiger partial charge is 0.144 e. The molecule has 0 amide bonds. The molecule has 1 aliphatic rings. The first kappa shape index (κ1) is 12.1. The number of hydrogen-bond donors (Lipinski definition) is 1. The Hall–Kier alpha value is -1.91. The summed E-state index contributed by atoms with van der Waals surface area (Å²) in [6.45, 7) is 3.68. The van der Waals surface area contributed by atoms with Gasteiger partial charge < -0.3 is 9.88 Å². The normalized spacial score (nSPS) is 14.2. The van der Waals surface area contributed by atoms with Crippen LogP contribution in [-0.2, 0) is 19.4 Å². The maximum absolute atomic E-state index is 4.50. The third-order valence-corrected chi connectivity index (χ3v) is 3.51. The van der Waals surface area contributed by atoms with Gasteiger partial charge in [0.25, 0.3) is 0 Å². The van der Waals surface area contributed by atoms with Crippen LogP contribution in [0.5, 0.6) is 0 Å². The molecule has 3 rings (SSSR count). The van der Waals surface area contributed by atoms with Crippen molar-refractivity contribution in [3.05, 3.63) is 35.8 Å². The zero-order valence-electron chi connectivity index (χ0n) is 11.3. The van der Waals surface area contributed by atoms with Gasteiger partial charge in [-0.1, -0.05) is 0 Å². The van der Waals surface area contributed by atoms with E-state index in [9.17, 15) is 0 Å². The second-order valence-corrected chi connectivity index (χ2v) is 4.90. The van der Waals surface area contributed by atoms with E-state index in [2.05, 4.69) is 24.8 Å². The van der Waals surface area contributed by atoms with Crippen molar-refractivity contribution in [1.82, 2.24) is 19.5 Å². The van der Waals surface area contributed by atoms with Crippen molar-refractivity contribution in [3.63, 3.8) is 0 Å². The summed E-state index contributed by atoms with van der Waals surface area (Å²) < 4.78 is 2.21. The van der Waals surface area contributed by atoms with E-state index in [0.29, 0.717) is 0 Å². The number of imidazole rings is 1. The first-order chi connectivity index (χ1) is 9.36. The van der Waals surface area contributed by atoms with Crippen molar-refractivity contribution in [2.75, 3.05) is 11.9 Å². The predicted octanol–water partition coefficient (Wildman–Crippen LogP) is 2.03. The quantitative estimate of drug-likeness (QED) is 0.910. The number of fused-ring (bicyclic) bond motifs is 1. The molecular weight excluding hydrogens is 238 g/mol. The van der Waals surface area contributed by atoms with Crippen molar-refractivity contribution in [2.24, 2.45) is 0 Å². The monoisotopic (exact) mass is 257 g/mol. The zero-order chi connectivity index (χ0) is 13.1. The van der Waals surface area contributed by atoms with E-state index in [4.69, 9.17) is 0 Å². The Morgan fingerprint density at radius 3 is 2.84 bits per heavy atom. The highest BCUT2D eigenvalue weighted by atomic mass is 15.1. The summed E-state index contributed by atoms with van der Waals surface area (Å²) in [4.78, 5) is 13.3. The molecule has 0 saturated carbocycles. The molecule has 0 aromatic carbocycles. The molecule has 0 unspecified atom stereocenters. The lowest BCUT2D eigenvalue weighted by Crippen LogP contribution is -2.10. The van der Waals surface area contributed by atoms with Gasteiger partial charge in [0.1, 0.15) is 5.82 Å². The minimum atomic E-state index is 0.766. The Bertz CT molecular complexity index is 543. The molecule has 0 atom stereocenters. The van der Waals surface area contributed by atoms with Gasteiger partial charge in [-0.2, -0.15) is 0 Å². The van der Waals surface area contributed by atoms with Crippen LogP contribution in [0.25, 0.3) is 0 Å². The molecular formula is C14H19N5. The molecule has 0 aliphatic heterocycles. The summed E-state index contributed by atoms with van der Waals surface area (Å²) >= 11 is 0. The predicted molar refractivity (Wildman–Crippen MR) is 74.2 cm³/mol. The van der Waals surface area contributed by atoms with Crippen molar-refractivity contribution in [2.45, 2.75) is 39.2 Å². The summed E-state index contributed by atoms with van der Waals surface area (Å²) in [7, 11) is 0. The number of nitrogens with one attached hydrogen (secondary N) is 1. The summed E-state index contributed by atoms with van der Waals surface area (Å²) in [5.74, 6) is 0.832. The van der Waals surface area contributed by atoms with Crippen LogP contribution in [0.1, 0.15) is 36.8 Å². The maximum atomic E-state index is 4.50. The van der Waals surface area contributed by atoms with Gasteiger partial charge in [0.15, 0.2) is 0 Å². The van der Waals surface area contributed by atoms with Crippen LogP contribution < -0.4 is 5.32 Å². The van der Waals surface area contributed by atoms with E-state index in [1.807, 2.05) is 19.4 Å². The van der Waals surface area contributed by atoms with E-state index in [-0.39, 0.29) is 0 Å². The fourth-order valence-electron chi connectivity index (χ4n) is 2.55. The van der Waals surface area contributed by atoms with Gasteiger partial charge in [0.2, 0.25) is 0 Å².